The standard InChI is InChI=1S/C11H22N2OS2.ClH/c1-11(2,7-12)8-13(3)10(14)9-6-15-4-5-16-9;/h9H,4-8,12H2,1-3H3;1H. The number of thioether (sulfide) groups is 2. The zero-order chi connectivity index (χ0) is 12.2. The number of carbonyl (C=O) groups excluding carboxylic acids is 1. The van der Waals surface area contributed by atoms with Gasteiger partial charge in [0.05, 0.1) is 5.25 Å². The number of amides is 1. The summed E-state index contributed by atoms with van der Waals surface area (Å²) in [5.41, 5.74) is 5.70. The maximum absolute atomic E-state index is 12.1. The van der Waals surface area contributed by atoms with Crippen molar-refractivity contribution in [2.45, 2.75) is 19.1 Å². The maximum Gasteiger partial charge on any atom is 0.236 e. The summed E-state index contributed by atoms with van der Waals surface area (Å²) >= 11 is 3.67. The molecule has 102 valence electrons. The summed E-state index contributed by atoms with van der Waals surface area (Å²) in [7, 11) is 1.89. The maximum atomic E-state index is 12.1. The zero-order valence-electron chi connectivity index (χ0n) is 10.8. The number of hydrogen-bond acceptors (Lipinski definition) is 4. The fraction of sp³-hybridized carbons (Fsp3) is 0.909. The summed E-state index contributed by atoms with van der Waals surface area (Å²) in [6.07, 6.45) is 0. The second-order valence-electron chi connectivity index (χ2n) is 5.00. The normalized spacial score (nSPS) is 20.6. The first-order valence-corrected chi connectivity index (χ1v) is 7.81. The highest BCUT2D eigenvalue weighted by Crippen LogP contribution is 2.26. The van der Waals surface area contributed by atoms with Gasteiger partial charge in [-0.2, -0.15) is 11.8 Å². The Morgan fingerprint density at radius 3 is 2.59 bits per heavy atom. The smallest absolute Gasteiger partial charge is 0.236 e. The monoisotopic (exact) mass is 298 g/mol. The Hall–Kier alpha value is 0.420. The fourth-order valence-electron chi connectivity index (χ4n) is 1.66. The number of halogens is 1. The molecule has 0 radical (unpaired) electrons. The molecule has 2 N–H and O–H groups in total. The Morgan fingerprint density at radius 1 is 1.47 bits per heavy atom. The van der Waals surface area contributed by atoms with E-state index in [1.54, 1.807) is 11.8 Å². The van der Waals surface area contributed by atoms with Gasteiger partial charge in [-0.25, -0.2) is 0 Å². The van der Waals surface area contributed by atoms with Gasteiger partial charge in [0.1, 0.15) is 0 Å². The van der Waals surface area contributed by atoms with Crippen LogP contribution in [0.25, 0.3) is 0 Å². The van der Waals surface area contributed by atoms with Gasteiger partial charge < -0.3 is 10.6 Å². The summed E-state index contributed by atoms with van der Waals surface area (Å²) in [5.74, 6) is 3.48. The van der Waals surface area contributed by atoms with Gasteiger partial charge in [-0.15, -0.1) is 24.2 Å². The van der Waals surface area contributed by atoms with Crippen LogP contribution in [0.5, 0.6) is 0 Å². The van der Waals surface area contributed by atoms with E-state index in [1.165, 1.54) is 5.75 Å². The minimum atomic E-state index is 0. The minimum absolute atomic E-state index is 0. The van der Waals surface area contributed by atoms with Gasteiger partial charge in [-0.05, 0) is 12.0 Å². The molecule has 17 heavy (non-hydrogen) atoms. The van der Waals surface area contributed by atoms with E-state index < -0.39 is 0 Å². The molecule has 1 heterocycles. The lowest BCUT2D eigenvalue weighted by atomic mass is 9.93. The van der Waals surface area contributed by atoms with Crippen molar-refractivity contribution >= 4 is 41.8 Å². The number of carbonyl (C=O) groups is 1. The van der Waals surface area contributed by atoms with Crippen LogP contribution in [0, 0.1) is 5.41 Å². The van der Waals surface area contributed by atoms with Crippen molar-refractivity contribution in [3.63, 3.8) is 0 Å². The molecule has 0 aliphatic carbocycles. The van der Waals surface area contributed by atoms with E-state index in [4.69, 9.17) is 5.73 Å². The molecule has 1 atom stereocenters. The second-order valence-corrected chi connectivity index (χ2v) is 7.46. The first-order chi connectivity index (χ1) is 7.46. The van der Waals surface area contributed by atoms with E-state index in [-0.39, 0.29) is 29.0 Å². The highest BCUT2D eigenvalue weighted by atomic mass is 35.5. The molecule has 0 aromatic heterocycles. The van der Waals surface area contributed by atoms with Crippen LogP contribution in [-0.4, -0.2) is 53.5 Å². The predicted octanol–water partition coefficient (Wildman–Crippen LogP) is 1.70. The van der Waals surface area contributed by atoms with Gasteiger partial charge in [0.25, 0.3) is 0 Å². The minimum Gasteiger partial charge on any atom is -0.344 e. The molecule has 6 heteroatoms. The van der Waals surface area contributed by atoms with Crippen molar-refractivity contribution in [1.29, 1.82) is 0 Å². The average molecular weight is 299 g/mol. The number of rotatable bonds is 4. The summed E-state index contributed by atoms with van der Waals surface area (Å²) < 4.78 is 0. The highest BCUT2D eigenvalue weighted by molar-refractivity contribution is 8.07. The lowest BCUT2D eigenvalue weighted by Crippen LogP contribution is -2.44. The number of nitrogens with zero attached hydrogens (tertiary/aromatic N) is 1. The summed E-state index contributed by atoms with van der Waals surface area (Å²) in [6, 6.07) is 0. The molecule has 0 aromatic carbocycles. The molecule has 1 unspecified atom stereocenters. The number of nitrogens with two attached hydrogens (primary N) is 1. The Balaban J connectivity index is 0.00000256. The molecule has 1 amide bonds. The molecule has 1 saturated heterocycles. The average Bonchev–Trinajstić information content (AvgIpc) is 2.28. The first kappa shape index (κ1) is 17.4. The molecule has 0 spiro atoms. The van der Waals surface area contributed by atoms with Crippen LogP contribution >= 0.6 is 35.9 Å². The molecular weight excluding hydrogens is 276 g/mol. The largest absolute Gasteiger partial charge is 0.344 e. The molecule has 0 aromatic rings. The van der Waals surface area contributed by atoms with E-state index in [9.17, 15) is 4.79 Å². The highest BCUT2D eigenvalue weighted by Gasteiger charge is 2.28. The van der Waals surface area contributed by atoms with Crippen molar-refractivity contribution < 1.29 is 4.79 Å². The van der Waals surface area contributed by atoms with Crippen molar-refractivity contribution in [3.05, 3.63) is 0 Å². The van der Waals surface area contributed by atoms with Crippen LogP contribution in [0.4, 0.5) is 0 Å². The van der Waals surface area contributed by atoms with E-state index in [2.05, 4.69) is 13.8 Å². The molecule has 0 saturated carbocycles. The van der Waals surface area contributed by atoms with Crippen LogP contribution in [0.3, 0.4) is 0 Å². The van der Waals surface area contributed by atoms with Crippen LogP contribution in [0.15, 0.2) is 0 Å². The summed E-state index contributed by atoms with van der Waals surface area (Å²) in [4.78, 5) is 14.0. The lowest BCUT2D eigenvalue weighted by molar-refractivity contribution is -0.130. The van der Waals surface area contributed by atoms with Gasteiger partial charge in [0.2, 0.25) is 5.91 Å². The SMILES string of the molecule is CN(CC(C)(C)CN)C(=O)C1CSCCS1.Cl. The van der Waals surface area contributed by atoms with Crippen LogP contribution in [0.1, 0.15) is 13.8 Å². The Morgan fingerprint density at radius 2 is 2.12 bits per heavy atom. The van der Waals surface area contributed by atoms with Crippen molar-refractivity contribution in [2.24, 2.45) is 11.1 Å². The van der Waals surface area contributed by atoms with E-state index in [0.717, 1.165) is 18.1 Å². The van der Waals surface area contributed by atoms with Gasteiger partial charge >= 0.3 is 0 Å². The van der Waals surface area contributed by atoms with E-state index in [1.807, 2.05) is 23.7 Å². The van der Waals surface area contributed by atoms with Gasteiger partial charge in [-0.1, -0.05) is 13.8 Å². The molecular formula is C11H23ClN2OS2. The molecule has 0 bridgehead atoms. The van der Waals surface area contributed by atoms with Crippen molar-refractivity contribution in [1.82, 2.24) is 4.90 Å². The van der Waals surface area contributed by atoms with Crippen molar-refractivity contribution in [2.75, 3.05) is 37.4 Å². The molecule has 3 nitrogen and oxygen atoms in total. The van der Waals surface area contributed by atoms with E-state index in [0.29, 0.717) is 6.54 Å². The summed E-state index contributed by atoms with van der Waals surface area (Å²) in [6.45, 7) is 5.54. The molecule has 1 aliphatic heterocycles. The van der Waals surface area contributed by atoms with Crippen LogP contribution < -0.4 is 5.73 Å². The fourth-order valence-corrected chi connectivity index (χ4v) is 4.32. The molecule has 1 aliphatic rings. The third kappa shape index (κ3) is 5.73. The molecule has 1 rings (SSSR count). The Kier molecular flexibility index (Phi) is 7.96. The van der Waals surface area contributed by atoms with Crippen molar-refractivity contribution in [3.8, 4) is 0 Å². The third-order valence-corrected chi connectivity index (χ3v) is 5.43. The number of hydrogen-bond donors (Lipinski definition) is 1. The quantitative estimate of drug-likeness (QED) is 0.858. The second kappa shape index (κ2) is 7.77. The van der Waals surface area contributed by atoms with Crippen LogP contribution in [-0.2, 0) is 4.79 Å². The molecule has 1 fully saturated rings. The lowest BCUT2D eigenvalue weighted by Gasteiger charge is -2.32. The third-order valence-electron chi connectivity index (χ3n) is 2.69. The predicted molar refractivity (Wildman–Crippen MR) is 81.3 cm³/mol. The Labute approximate surface area is 119 Å². The topological polar surface area (TPSA) is 46.3 Å². The first-order valence-electron chi connectivity index (χ1n) is 5.61. The van der Waals surface area contributed by atoms with Crippen LogP contribution in [0.2, 0.25) is 0 Å². The zero-order valence-corrected chi connectivity index (χ0v) is 13.2. The Bertz CT molecular complexity index is 246. The summed E-state index contributed by atoms with van der Waals surface area (Å²) in [5, 5.41) is 0.150. The van der Waals surface area contributed by atoms with E-state index >= 15 is 0 Å². The van der Waals surface area contributed by atoms with Gasteiger partial charge in [0.15, 0.2) is 0 Å². The van der Waals surface area contributed by atoms with Gasteiger partial charge in [-0.3, -0.25) is 4.79 Å². The van der Waals surface area contributed by atoms with Gasteiger partial charge in [0, 0.05) is 30.9 Å².